The lowest BCUT2D eigenvalue weighted by Gasteiger charge is -2.23. The van der Waals surface area contributed by atoms with Gasteiger partial charge in [0.2, 0.25) is 5.91 Å². The van der Waals surface area contributed by atoms with Gasteiger partial charge >= 0.3 is 0 Å². The normalized spacial score (nSPS) is 16.8. The number of hydrogen-bond acceptors (Lipinski definition) is 3. The molecule has 0 saturated carbocycles. The number of imidazole rings is 1. The molecule has 0 spiro atoms. The molecule has 2 heterocycles. The minimum absolute atomic E-state index is 0.0532. The maximum absolute atomic E-state index is 12.9. The Bertz CT molecular complexity index is 930. The van der Waals surface area contributed by atoms with Crippen LogP contribution in [0.25, 0.3) is 11.0 Å². The zero-order valence-electron chi connectivity index (χ0n) is 15.9. The first-order valence-corrected chi connectivity index (χ1v) is 9.53. The highest BCUT2D eigenvalue weighted by Gasteiger charge is 2.31. The van der Waals surface area contributed by atoms with Crippen LogP contribution in [0.5, 0.6) is 5.75 Å². The molecule has 1 fully saturated rings. The molecule has 4 rings (SSSR count). The summed E-state index contributed by atoms with van der Waals surface area (Å²) in [7, 11) is 1.68. The fraction of sp³-hybridized carbons (Fsp3) is 0.364. The Morgan fingerprint density at radius 2 is 2.15 bits per heavy atom. The first-order valence-electron chi connectivity index (χ1n) is 9.53. The van der Waals surface area contributed by atoms with Crippen molar-refractivity contribution in [3.63, 3.8) is 0 Å². The fourth-order valence-corrected chi connectivity index (χ4v) is 3.89. The number of aromatic amines is 1. The second-order valence-electron chi connectivity index (χ2n) is 7.19. The van der Waals surface area contributed by atoms with Crippen LogP contribution in [0, 0.1) is 6.92 Å². The number of nitrogens with zero attached hydrogens (tertiary/aromatic N) is 2. The van der Waals surface area contributed by atoms with E-state index >= 15 is 0 Å². The van der Waals surface area contributed by atoms with Gasteiger partial charge in [0, 0.05) is 13.0 Å². The van der Waals surface area contributed by atoms with Crippen molar-refractivity contribution in [3.8, 4) is 5.75 Å². The molecule has 1 saturated heterocycles. The number of benzene rings is 2. The second-order valence-corrected chi connectivity index (χ2v) is 7.19. The third-order valence-corrected chi connectivity index (χ3v) is 5.40. The number of likely N-dealkylation sites (tertiary alicyclic amines) is 1. The van der Waals surface area contributed by atoms with Crippen LogP contribution in [0.4, 0.5) is 0 Å². The molecule has 1 amide bonds. The number of aryl methyl sites for hydroxylation is 2. The molecule has 0 unspecified atom stereocenters. The summed E-state index contributed by atoms with van der Waals surface area (Å²) >= 11 is 0. The molecule has 5 nitrogen and oxygen atoms in total. The molecule has 1 aliphatic rings. The number of para-hydroxylation sites is 2. The van der Waals surface area contributed by atoms with Gasteiger partial charge in [-0.3, -0.25) is 4.79 Å². The number of carbonyl (C=O) groups excluding carboxylic acids is 1. The van der Waals surface area contributed by atoms with E-state index in [4.69, 9.17) is 9.72 Å². The summed E-state index contributed by atoms with van der Waals surface area (Å²) in [5.74, 6) is 1.97. The van der Waals surface area contributed by atoms with Gasteiger partial charge in [-0.15, -0.1) is 0 Å². The quantitative estimate of drug-likeness (QED) is 0.740. The van der Waals surface area contributed by atoms with Gasteiger partial charge in [-0.25, -0.2) is 4.98 Å². The summed E-state index contributed by atoms with van der Waals surface area (Å²) in [5, 5.41) is 0. The van der Waals surface area contributed by atoms with Gasteiger partial charge < -0.3 is 14.6 Å². The van der Waals surface area contributed by atoms with Crippen LogP contribution in [-0.2, 0) is 11.2 Å². The number of ether oxygens (including phenoxy) is 1. The SMILES string of the molecule is COc1cc(CCC(=O)N2CCC[C@@H]2c2nc3ccccc3[nH]2)ccc1C. The van der Waals surface area contributed by atoms with Crippen molar-refractivity contribution in [3.05, 3.63) is 59.4 Å². The van der Waals surface area contributed by atoms with Crippen molar-refractivity contribution in [1.29, 1.82) is 0 Å². The van der Waals surface area contributed by atoms with E-state index in [2.05, 4.69) is 11.1 Å². The highest BCUT2D eigenvalue weighted by Crippen LogP contribution is 2.32. The van der Waals surface area contributed by atoms with E-state index in [9.17, 15) is 4.79 Å². The van der Waals surface area contributed by atoms with Crippen LogP contribution in [0.1, 0.15) is 42.3 Å². The van der Waals surface area contributed by atoms with Crippen LogP contribution >= 0.6 is 0 Å². The summed E-state index contributed by atoms with van der Waals surface area (Å²) < 4.78 is 5.39. The topological polar surface area (TPSA) is 58.2 Å². The van der Waals surface area contributed by atoms with Gasteiger partial charge in [0.25, 0.3) is 0 Å². The molecular weight excluding hydrogens is 338 g/mol. The van der Waals surface area contributed by atoms with Gasteiger partial charge in [0.05, 0.1) is 24.2 Å². The first kappa shape index (κ1) is 17.6. The van der Waals surface area contributed by atoms with Crippen LogP contribution in [0.2, 0.25) is 0 Å². The largest absolute Gasteiger partial charge is 0.496 e. The number of fused-ring (bicyclic) bond motifs is 1. The fourth-order valence-electron chi connectivity index (χ4n) is 3.89. The molecule has 0 radical (unpaired) electrons. The maximum atomic E-state index is 12.9. The Hall–Kier alpha value is -2.82. The van der Waals surface area contributed by atoms with E-state index in [1.807, 2.05) is 48.2 Å². The molecule has 1 N–H and O–H groups in total. The Kier molecular flexibility index (Phi) is 4.84. The molecule has 27 heavy (non-hydrogen) atoms. The predicted octanol–water partition coefficient (Wildman–Crippen LogP) is 4.18. The molecule has 140 valence electrons. The van der Waals surface area contributed by atoms with E-state index < -0.39 is 0 Å². The lowest BCUT2D eigenvalue weighted by molar-refractivity contribution is -0.132. The van der Waals surface area contributed by atoms with Gasteiger partial charge in [0.1, 0.15) is 11.6 Å². The molecule has 5 heteroatoms. The predicted molar refractivity (Wildman–Crippen MR) is 106 cm³/mol. The third-order valence-electron chi connectivity index (χ3n) is 5.40. The number of rotatable bonds is 5. The van der Waals surface area contributed by atoms with Gasteiger partial charge in [0.15, 0.2) is 0 Å². The molecular formula is C22H25N3O2. The van der Waals surface area contributed by atoms with Crippen molar-refractivity contribution in [2.24, 2.45) is 0 Å². The number of amides is 1. The van der Waals surface area contributed by atoms with Crippen molar-refractivity contribution >= 4 is 16.9 Å². The van der Waals surface area contributed by atoms with Gasteiger partial charge in [-0.2, -0.15) is 0 Å². The summed E-state index contributed by atoms with van der Waals surface area (Å²) in [6, 6.07) is 14.2. The van der Waals surface area contributed by atoms with Crippen LogP contribution in [0.15, 0.2) is 42.5 Å². The van der Waals surface area contributed by atoms with Crippen molar-refractivity contribution < 1.29 is 9.53 Å². The Morgan fingerprint density at radius 1 is 1.30 bits per heavy atom. The number of hydrogen-bond donors (Lipinski definition) is 1. The third kappa shape index (κ3) is 3.54. The number of carbonyl (C=O) groups is 1. The summed E-state index contributed by atoms with van der Waals surface area (Å²) in [4.78, 5) is 23.0. The molecule has 0 aliphatic carbocycles. The standard InChI is InChI=1S/C22H25N3O2/c1-15-9-10-16(14-20(15)27-2)11-12-21(26)25-13-5-8-19(25)22-23-17-6-3-4-7-18(17)24-22/h3-4,6-7,9-10,14,19H,5,8,11-13H2,1-2H3,(H,23,24)/t19-/m1/s1. The zero-order valence-corrected chi connectivity index (χ0v) is 15.9. The van der Waals surface area contributed by atoms with E-state index in [1.165, 1.54) is 0 Å². The average molecular weight is 363 g/mol. The minimum atomic E-state index is 0.0532. The second kappa shape index (κ2) is 7.43. The molecule has 1 atom stereocenters. The number of nitrogens with one attached hydrogen (secondary N) is 1. The summed E-state index contributed by atoms with van der Waals surface area (Å²) in [5.41, 5.74) is 4.22. The van der Waals surface area contributed by atoms with Gasteiger partial charge in [-0.1, -0.05) is 24.3 Å². The number of methoxy groups -OCH3 is 1. The van der Waals surface area contributed by atoms with Crippen molar-refractivity contribution in [1.82, 2.24) is 14.9 Å². The summed E-state index contributed by atoms with van der Waals surface area (Å²) in [6.07, 6.45) is 3.21. The van der Waals surface area contributed by atoms with Crippen LogP contribution in [-0.4, -0.2) is 34.4 Å². The number of H-pyrrole nitrogens is 1. The van der Waals surface area contributed by atoms with E-state index in [1.54, 1.807) is 7.11 Å². The van der Waals surface area contributed by atoms with E-state index in [-0.39, 0.29) is 11.9 Å². The van der Waals surface area contributed by atoms with E-state index in [0.29, 0.717) is 6.42 Å². The monoisotopic (exact) mass is 363 g/mol. The molecule has 2 aromatic carbocycles. The zero-order chi connectivity index (χ0) is 18.8. The van der Waals surface area contributed by atoms with Crippen LogP contribution in [0.3, 0.4) is 0 Å². The minimum Gasteiger partial charge on any atom is -0.496 e. The smallest absolute Gasteiger partial charge is 0.223 e. The molecule has 1 aromatic heterocycles. The molecule has 1 aliphatic heterocycles. The molecule has 3 aromatic rings. The average Bonchev–Trinajstić information content (AvgIpc) is 3.33. The highest BCUT2D eigenvalue weighted by molar-refractivity contribution is 5.78. The van der Waals surface area contributed by atoms with Crippen molar-refractivity contribution in [2.45, 2.75) is 38.6 Å². The summed E-state index contributed by atoms with van der Waals surface area (Å²) in [6.45, 7) is 2.83. The van der Waals surface area contributed by atoms with Crippen molar-refractivity contribution in [2.75, 3.05) is 13.7 Å². The lowest BCUT2D eigenvalue weighted by atomic mass is 10.1. The lowest BCUT2D eigenvalue weighted by Crippen LogP contribution is -2.31. The first-order chi connectivity index (χ1) is 13.2. The molecule has 0 bridgehead atoms. The maximum Gasteiger partial charge on any atom is 0.223 e. The Morgan fingerprint density at radius 3 is 2.96 bits per heavy atom. The highest BCUT2D eigenvalue weighted by atomic mass is 16.5. The van der Waals surface area contributed by atoms with E-state index in [0.717, 1.165) is 59.5 Å². The van der Waals surface area contributed by atoms with Crippen LogP contribution < -0.4 is 4.74 Å². The Labute approximate surface area is 159 Å². The van der Waals surface area contributed by atoms with Gasteiger partial charge in [-0.05, 0) is 55.5 Å². The Balaban J connectivity index is 1.46. The number of aromatic nitrogens is 2.